The predicted octanol–water partition coefficient (Wildman–Crippen LogP) is 14.8. The van der Waals surface area contributed by atoms with Gasteiger partial charge in [0.05, 0.1) is 0 Å². The van der Waals surface area contributed by atoms with E-state index in [1.165, 1.54) is 33.4 Å². The fourth-order valence-corrected chi connectivity index (χ4v) is 10.9. The number of aryl methyl sites for hydroxylation is 3. The third-order valence-electron chi connectivity index (χ3n) is 17.7. The smallest absolute Gasteiger partial charge is 0.163 e. The van der Waals surface area contributed by atoms with Crippen LogP contribution in [0.15, 0.2) is 80.6 Å². The molecule has 10 heteroatoms. The van der Waals surface area contributed by atoms with Gasteiger partial charge in [-0.2, -0.15) is 0 Å². The van der Waals surface area contributed by atoms with E-state index in [0.29, 0.717) is 30.6 Å². The van der Waals surface area contributed by atoms with Gasteiger partial charge in [-0.25, -0.2) is 20.0 Å². The lowest BCUT2D eigenvalue weighted by atomic mass is 9.97. The molecule has 0 amide bonds. The molecule has 85 heavy (non-hydrogen) atoms. The summed E-state index contributed by atoms with van der Waals surface area (Å²) in [7, 11) is 0. The van der Waals surface area contributed by atoms with E-state index in [9.17, 15) is 4.79 Å². The number of hydrogen-bond acceptors (Lipinski definition) is 10. The molecule has 0 aromatic heterocycles. The van der Waals surface area contributed by atoms with Crippen molar-refractivity contribution in [2.24, 2.45) is 20.0 Å². The number of unbranched alkanes of at least 4 members (excludes halogenated alkanes) is 1. The molecule has 0 atom stereocenters. The Morgan fingerprint density at radius 2 is 0.706 bits per heavy atom. The van der Waals surface area contributed by atoms with Crippen molar-refractivity contribution in [2.75, 3.05) is 6.61 Å². The van der Waals surface area contributed by atoms with E-state index >= 15 is 0 Å². The van der Waals surface area contributed by atoms with Crippen LogP contribution in [-0.2, 0) is 0 Å². The number of benzene rings is 8. The average molecular weight is 1140 g/mol. The zero-order valence-electron chi connectivity index (χ0n) is 52.2. The fraction of sp³-hybridized carbons (Fsp3) is 0.293. The minimum absolute atomic E-state index is 0. The number of ether oxygens (including phenoxy) is 4. The van der Waals surface area contributed by atoms with E-state index in [1.54, 1.807) is 0 Å². The maximum Gasteiger partial charge on any atom is 0.163 e. The lowest BCUT2D eigenvalue weighted by molar-refractivity contribution is 0.0976. The third kappa shape index (κ3) is 11.4. The van der Waals surface area contributed by atoms with Gasteiger partial charge < -0.3 is 24.1 Å². The van der Waals surface area contributed by atoms with Crippen LogP contribution in [-0.4, -0.2) is 17.5 Å². The number of Topliss-reactive ketones (excluding diaryl/α,β-unsaturated/α-hetero) is 1. The molecule has 0 saturated heterocycles. The molecule has 4 aliphatic heterocycles. The molecular formula is C75H82N4O6. The molecular weight excluding hydrogens is 1050 g/mol. The number of hydrogen-bond donors (Lipinski definition) is 1. The van der Waals surface area contributed by atoms with Gasteiger partial charge in [-0.3, -0.25) is 4.79 Å². The molecule has 0 saturated carbocycles. The zero-order chi connectivity index (χ0) is 61.1. The molecule has 0 aliphatic carbocycles. The molecule has 8 aromatic carbocycles. The highest BCUT2D eigenvalue weighted by Gasteiger charge is 2.25. The van der Waals surface area contributed by atoms with Crippen LogP contribution in [0.5, 0.6) is 46.0 Å². The summed E-state index contributed by atoms with van der Waals surface area (Å²) in [5.41, 5.74) is 23.1. The van der Waals surface area contributed by atoms with Crippen molar-refractivity contribution in [3.63, 3.8) is 0 Å². The first kappa shape index (κ1) is 62.3. The number of rotatable bonds is 5. The zero-order valence-corrected chi connectivity index (χ0v) is 52.2. The second kappa shape index (κ2) is 24.5. The molecule has 4 aliphatic rings. The second-order valence-electron chi connectivity index (χ2n) is 23.0. The molecule has 8 aromatic rings. The van der Waals surface area contributed by atoms with Gasteiger partial charge in [0.15, 0.2) is 51.8 Å². The van der Waals surface area contributed by atoms with Crippen LogP contribution in [0.1, 0.15) is 132 Å². The highest BCUT2D eigenvalue weighted by atomic mass is 16.5. The Labute approximate surface area is 501 Å². The van der Waals surface area contributed by atoms with E-state index < -0.39 is 0 Å². The summed E-state index contributed by atoms with van der Waals surface area (Å²) >= 11 is 0. The van der Waals surface area contributed by atoms with Gasteiger partial charge in [0.1, 0.15) is 44.2 Å². The van der Waals surface area contributed by atoms with Crippen molar-refractivity contribution in [1.29, 1.82) is 0 Å². The fourth-order valence-electron chi connectivity index (χ4n) is 10.9. The Kier molecular flexibility index (Phi) is 17.9. The van der Waals surface area contributed by atoms with Gasteiger partial charge in [-0.1, -0.05) is 51.9 Å². The number of fused-ring (bicyclic) bond motifs is 8. The first-order chi connectivity index (χ1) is 39.7. The molecule has 10 nitrogen and oxygen atoms in total. The van der Waals surface area contributed by atoms with Crippen molar-refractivity contribution in [3.8, 4) is 46.0 Å². The standard InChI is InChI=1S/C22H25NO3.C18H19NO.2C17H17NO.CH4/c1-12-13(2)15(4)22-20(14(12)3)23-18-10-9-17(16(5)21(18)26-22)19(25)8-6-7-11-24;1-9-7-8-15-17(10(9)2)20-18-14(6)12(4)11(3)13(5)16(18)19-15;2*1-9-6-7-14-15(8-9)19-17-13(5)11(3)10(2)12(4)16(17)18-14;/h9-10,24H,2,6-8,11H2,1,3-5H3;7-8H,4H2,1-3,5-6H3;2*6-8H,3H2,1-2,4-5H3;1H4. The van der Waals surface area contributed by atoms with Crippen LogP contribution in [0.4, 0.5) is 22.7 Å². The number of carbonyl (C=O) groups is 1. The average Bonchev–Trinajstić information content (AvgIpc) is 2.45. The number of carbonyl (C=O) groups excluding carboxylic acids is 1. The Morgan fingerprint density at radius 1 is 0.376 bits per heavy atom. The first-order valence-corrected chi connectivity index (χ1v) is 28.8. The normalized spacial score (nSPS) is 12.0. The summed E-state index contributed by atoms with van der Waals surface area (Å²) < 4.78 is 24.6. The van der Waals surface area contributed by atoms with Crippen molar-refractivity contribution in [1.82, 2.24) is 0 Å². The molecule has 0 bridgehead atoms. The molecule has 0 unspecified atom stereocenters. The third-order valence-corrected chi connectivity index (χ3v) is 17.7. The number of aliphatic hydroxyl groups is 1. The van der Waals surface area contributed by atoms with Gasteiger partial charge in [0.2, 0.25) is 0 Å². The van der Waals surface area contributed by atoms with E-state index in [0.717, 1.165) is 166 Å². The van der Waals surface area contributed by atoms with E-state index in [2.05, 4.69) is 128 Å². The Hall–Kier alpha value is -8.73. The highest BCUT2D eigenvalue weighted by molar-refractivity contribution is 5.98. The van der Waals surface area contributed by atoms with Crippen LogP contribution in [0.2, 0.25) is 0 Å². The summed E-state index contributed by atoms with van der Waals surface area (Å²) in [6, 6.07) is 20.0. The number of aliphatic hydroxyl groups excluding tert-OH is 1. The van der Waals surface area contributed by atoms with Crippen LogP contribution in [0.25, 0.3) is 26.3 Å². The molecule has 0 fully saturated rings. The van der Waals surface area contributed by atoms with Crippen molar-refractivity contribution >= 4 is 54.8 Å². The number of nitrogens with zero attached hydrogens (tertiary/aromatic N) is 4. The Balaban J connectivity index is 0.000000148. The lowest BCUT2D eigenvalue weighted by Crippen LogP contribution is -2.24. The second-order valence-corrected chi connectivity index (χ2v) is 23.0. The van der Waals surface area contributed by atoms with Crippen molar-refractivity contribution in [2.45, 2.75) is 144 Å². The largest absolute Gasteiger partial charge is 0.452 e. The molecule has 4 heterocycles. The quantitative estimate of drug-likeness (QED) is 0.135. The van der Waals surface area contributed by atoms with Gasteiger partial charge in [-0.15, -0.1) is 0 Å². The van der Waals surface area contributed by atoms with Gasteiger partial charge in [-0.05, 0) is 261 Å². The summed E-state index contributed by atoms with van der Waals surface area (Å²) in [6.45, 7) is 51.6. The van der Waals surface area contributed by atoms with Crippen LogP contribution >= 0.6 is 0 Å². The maximum atomic E-state index is 12.5. The monoisotopic (exact) mass is 1130 g/mol. The SMILES string of the molecule is C.C=c1c(C)c(C)c2c(c1C)Oc1c(ccc(C(=O)CCCCO)c1C)N=2.C=c1c(C)c(C)c2c(c1C)Oc1c(ccc(C)c1C)N=2.C=c1c(C)c(C)c2c(c1C)Oc1cc(C)ccc1N=2.C=c1c(C)c(C)c2c(c1C)Oc1cc(C)ccc1N=2. The predicted molar refractivity (Wildman–Crippen MR) is 348 cm³/mol. The summed E-state index contributed by atoms with van der Waals surface area (Å²) in [4.78, 5) is 31.7. The van der Waals surface area contributed by atoms with Crippen molar-refractivity contribution < 1.29 is 28.8 Å². The first-order valence-electron chi connectivity index (χ1n) is 28.8. The van der Waals surface area contributed by atoms with E-state index in [1.807, 2.05) is 77.1 Å². The maximum absolute atomic E-state index is 12.5. The molecule has 438 valence electrons. The van der Waals surface area contributed by atoms with Gasteiger partial charge in [0, 0.05) is 46.4 Å². The Morgan fingerprint density at radius 3 is 1.08 bits per heavy atom. The molecule has 0 radical (unpaired) electrons. The van der Waals surface area contributed by atoms with E-state index in [-0.39, 0.29) is 19.8 Å². The van der Waals surface area contributed by atoms with Crippen LogP contribution in [0, 0.1) is 118 Å². The molecule has 0 spiro atoms. The summed E-state index contributed by atoms with van der Waals surface area (Å²) in [6.07, 6.45) is 1.75. The summed E-state index contributed by atoms with van der Waals surface area (Å²) in [5, 5.41) is 16.7. The number of ketones is 1. The highest BCUT2D eigenvalue weighted by Crippen LogP contribution is 2.42. The van der Waals surface area contributed by atoms with Crippen LogP contribution in [0.3, 0.4) is 0 Å². The molecule has 12 rings (SSSR count). The van der Waals surface area contributed by atoms with Gasteiger partial charge in [0.25, 0.3) is 0 Å². The molecule has 1 N–H and O–H groups in total. The van der Waals surface area contributed by atoms with E-state index in [4.69, 9.17) is 44.0 Å². The van der Waals surface area contributed by atoms with Gasteiger partial charge >= 0.3 is 0 Å². The Bertz CT molecular complexity index is 4490. The van der Waals surface area contributed by atoms with Crippen molar-refractivity contribution in [3.05, 3.63) is 203 Å². The minimum Gasteiger partial charge on any atom is -0.452 e. The topological polar surface area (TPSA) is 124 Å². The minimum atomic E-state index is 0. The lowest BCUT2D eigenvalue weighted by Gasteiger charge is -2.21. The summed E-state index contributed by atoms with van der Waals surface area (Å²) in [5.74, 6) is 6.56. The van der Waals surface area contributed by atoms with Crippen LogP contribution < -0.4 is 61.3 Å².